The summed E-state index contributed by atoms with van der Waals surface area (Å²) in [4.78, 5) is 23.6. The molecule has 0 bridgehead atoms. The maximum absolute atomic E-state index is 11.9. The molecule has 0 unspecified atom stereocenters. The van der Waals surface area contributed by atoms with Gasteiger partial charge in [-0.05, 0) is 42.7 Å². The van der Waals surface area contributed by atoms with E-state index in [-0.39, 0.29) is 25.0 Å². The van der Waals surface area contributed by atoms with Crippen LogP contribution in [-0.4, -0.2) is 25.0 Å². The van der Waals surface area contributed by atoms with E-state index in [0.717, 1.165) is 5.56 Å². The molecule has 0 aliphatic heterocycles. The summed E-state index contributed by atoms with van der Waals surface area (Å²) in [7, 11) is 0. The lowest BCUT2D eigenvalue weighted by Gasteiger charge is -2.10. The monoisotopic (exact) mass is 340 g/mol. The van der Waals surface area contributed by atoms with Crippen molar-refractivity contribution in [1.29, 1.82) is 0 Å². The molecule has 5 heteroatoms. The summed E-state index contributed by atoms with van der Waals surface area (Å²) in [5.74, 6) is 0.444. The first kappa shape index (κ1) is 18.5. The van der Waals surface area contributed by atoms with Crippen molar-refractivity contribution in [1.82, 2.24) is 5.32 Å². The van der Waals surface area contributed by atoms with Gasteiger partial charge in [-0.15, -0.1) is 0 Å². The van der Waals surface area contributed by atoms with Crippen LogP contribution in [0.15, 0.2) is 48.5 Å². The number of benzene rings is 2. The van der Waals surface area contributed by atoms with Gasteiger partial charge in [-0.2, -0.15) is 0 Å². The van der Waals surface area contributed by atoms with E-state index >= 15 is 0 Å². The van der Waals surface area contributed by atoms with Crippen LogP contribution in [-0.2, 0) is 9.59 Å². The van der Waals surface area contributed by atoms with E-state index in [1.165, 1.54) is 5.56 Å². The lowest BCUT2D eigenvalue weighted by molar-refractivity contribution is -0.125. The van der Waals surface area contributed by atoms with Gasteiger partial charge in [0, 0.05) is 5.69 Å². The summed E-state index contributed by atoms with van der Waals surface area (Å²) in [6, 6.07) is 15.1. The number of aryl methyl sites for hydroxylation is 1. The fourth-order valence-electron chi connectivity index (χ4n) is 2.17. The van der Waals surface area contributed by atoms with Crippen LogP contribution < -0.4 is 15.4 Å². The Morgan fingerprint density at radius 3 is 2.20 bits per heavy atom. The molecular formula is C20H24N2O3. The number of ether oxygens (including phenoxy) is 1. The van der Waals surface area contributed by atoms with Crippen LogP contribution in [0.25, 0.3) is 0 Å². The predicted octanol–water partition coefficient (Wildman–Crippen LogP) is 3.25. The molecule has 2 N–H and O–H groups in total. The van der Waals surface area contributed by atoms with E-state index in [2.05, 4.69) is 24.5 Å². The van der Waals surface area contributed by atoms with Crippen LogP contribution in [0.5, 0.6) is 5.75 Å². The maximum Gasteiger partial charge on any atom is 0.258 e. The zero-order valence-electron chi connectivity index (χ0n) is 14.8. The molecule has 2 rings (SSSR count). The highest BCUT2D eigenvalue weighted by atomic mass is 16.5. The average Bonchev–Trinajstić information content (AvgIpc) is 2.60. The Kier molecular flexibility index (Phi) is 6.57. The number of hydrogen-bond donors (Lipinski definition) is 2. The van der Waals surface area contributed by atoms with Gasteiger partial charge in [-0.25, -0.2) is 0 Å². The van der Waals surface area contributed by atoms with Crippen LogP contribution in [0.1, 0.15) is 30.9 Å². The topological polar surface area (TPSA) is 67.4 Å². The Bertz CT molecular complexity index is 707. The summed E-state index contributed by atoms with van der Waals surface area (Å²) in [6.07, 6.45) is 0. The molecule has 2 aromatic rings. The number of carbonyl (C=O) groups excluding carboxylic acids is 2. The molecule has 0 fully saturated rings. The third-order valence-electron chi connectivity index (χ3n) is 3.70. The standard InChI is InChI=1S/C20H24N2O3/c1-14(2)16-6-8-17(9-7-16)22-19(23)12-21-20(24)13-25-18-10-4-15(3)5-11-18/h4-11,14H,12-13H2,1-3H3,(H,21,24)(H,22,23). The largest absolute Gasteiger partial charge is 0.484 e. The molecule has 0 saturated heterocycles. The molecule has 2 aromatic carbocycles. The van der Waals surface area contributed by atoms with Gasteiger partial charge in [0.2, 0.25) is 5.91 Å². The van der Waals surface area contributed by atoms with E-state index in [1.54, 1.807) is 12.1 Å². The smallest absolute Gasteiger partial charge is 0.258 e. The molecule has 0 saturated carbocycles. The van der Waals surface area contributed by atoms with Crippen LogP contribution in [0.3, 0.4) is 0 Å². The number of rotatable bonds is 7. The minimum absolute atomic E-state index is 0.0952. The van der Waals surface area contributed by atoms with Gasteiger partial charge in [-0.3, -0.25) is 9.59 Å². The van der Waals surface area contributed by atoms with Crippen LogP contribution in [0.2, 0.25) is 0 Å². The number of carbonyl (C=O) groups is 2. The Labute approximate surface area is 148 Å². The summed E-state index contributed by atoms with van der Waals surface area (Å²) in [6.45, 7) is 5.98. The third kappa shape index (κ3) is 6.30. The lowest BCUT2D eigenvalue weighted by Crippen LogP contribution is -2.35. The second-order valence-corrected chi connectivity index (χ2v) is 6.20. The molecule has 5 nitrogen and oxygen atoms in total. The zero-order valence-corrected chi connectivity index (χ0v) is 14.8. The lowest BCUT2D eigenvalue weighted by atomic mass is 10.0. The van der Waals surface area contributed by atoms with Crippen molar-refractivity contribution in [2.45, 2.75) is 26.7 Å². The first-order valence-corrected chi connectivity index (χ1v) is 8.30. The molecule has 0 heterocycles. The average molecular weight is 340 g/mol. The van der Waals surface area contributed by atoms with Crippen molar-refractivity contribution in [3.63, 3.8) is 0 Å². The Morgan fingerprint density at radius 1 is 0.960 bits per heavy atom. The minimum atomic E-state index is -0.342. The second kappa shape index (κ2) is 8.87. The molecule has 0 aliphatic rings. The van der Waals surface area contributed by atoms with Gasteiger partial charge in [0.25, 0.3) is 5.91 Å². The Morgan fingerprint density at radius 2 is 1.60 bits per heavy atom. The SMILES string of the molecule is Cc1ccc(OCC(=O)NCC(=O)Nc2ccc(C(C)C)cc2)cc1. The van der Waals surface area contributed by atoms with Gasteiger partial charge < -0.3 is 15.4 Å². The summed E-state index contributed by atoms with van der Waals surface area (Å²) >= 11 is 0. The third-order valence-corrected chi connectivity index (χ3v) is 3.70. The first-order chi connectivity index (χ1) is 11.9. The predicted molar refractivity (Wildman–Crippen MR) is 98.8 cm³/mol. The zero-order chi connectivity index (χ0) is 18.2. The number of amides is 2. The van der Waals surface area contributed by atoms with Crippen molar-refractivity contribution in [3.8, 4) is 5.75 Å². The Hall–Kier alpha value is -2.82. The summed E-state index contributed by atoms with van der Waals surface area (Å²) in [5.41, 5.74) is 3.04. The maximum atomic E-state index is 11.9. The van der Waals surface area contributed by atoms with E-state index in [9.17, 15) is 9.59 Å². The molecule has 0 aliphatic carbocycles. The van der Waals surface area contributed by atoms with Crippen molar-refractivity contribution < 1.29 is 14.3 Å². The van der Waals surface area contributed by atoms with E-state index in [0.29, 0.717) is 17.4 Å². The normalized spacial score (nSPS) is 10.4. The second-order valence-electron chi connectivity index (χ2n) is 6.20. The quantitative estimate of drug-likeness (QED) is 0.813. The fourth-order valence-corrected chi connectivity index (χ4v) is 2.17. The van der Waals surface area contributed by atoms with Gasteiger partial charge in [0.1, 0.15) is 5.75 Å². The Balaban J connectivity index is 1.71. The van der Waals surface area contributed by atoms with Gasteiger partial charge >= 0.3 is 0 Å². The molecular weight excluding hydrogens is 316 g/mol. The van der Waals surface area contributed by atoms with Crippen LogP contribution >= 0.6 is 0 Å². The number of hydrogen-bond acceptors (Lipinski definition) is 3. The molecule has 0 radical (unpaired) electrons. The van der Waals surface area contributed by atoms with Crippen LogP contribution in [0, 0.1) is 6.92 Å². The molecule has 0 spiro atoms. The summed E-state index contributed by atoms with van der Waals surface area (Å²) < 4.78 is 5.37. The van der Waals surface area contributed by atoms with Crippen molar-refractivity contribution in [2.24, 2.45) is 0 Å². The fraction of sp³-hybridized carbons (Fsp3) is 0.300. The molecule has 0 atom stereocenters. The van der Waals surface area contributed by atoms with Gasteiger partial charge in [0.15, 0.2) is 6.61 Å². The van der Waals surface area contributed by atoms with E-state index in [4.69, 9.17) is 4.74 Å². The highest BCUT2D eigenvalue weighted by molar-refractivity contribution is 5.94. The van der Waals surface area contributed by atoms with Gasteiger partial charge in [-0.1, -0.05) is 43.7 Å². The number of anilines is 1. The highest BCUT2D eigenvalue weighted by Crippen LogP contribution is 2.17. The van der Waals surface area contributed by atoms with Crippen molar-refractivity contribution in [3.05, 3.63) is 59.7 Å². The molecule has 0 aromatic heterocycles. The van der Waals surface area contributed by atoms with Crippen molar-refractivity contribution in [2.75, 3.05) is 18.5 Å². The molecule has 25 heavy (non-hydrogen) atoms. The van der Waals surface area contributed by atoms with E-state index in [1.807, 2.05) is 43.3 Å². The highest BCUT2D eigenvalue weighted by Gasteiger charge is 2.07. The first-order valence-electron chi connectivity index (χ1n) is 8.30. The molecule has 132 valence electrons. The number of nitrogens with one attached hydrogen (secondary N) is 2. The van der Waals surface area contributed by atoms with E-state index < -0.39 is 0 Å². The van der Waals surface area contributed by atoms with Crippen molar-refractivity contribution >= 4 is 17.5 Å². The summed E-state index contributed by atoms with van der Waals surface area (Å²) in [5, 5.41) is 5.29. The van der Waals surface area contributed by atoms with Gasteiger partial charge in [0.05, 0.1) is 6.54 Å². The molecule has 2 amide bonds. The van der Waals surface area contributed by atoms with Crippen LogP contribution in [0.4, 0.5) is 5.69 Å². The minimum Gasteiger partial charge on any atom is -0.484 e.